The van der Waals surface area contributed by atoms with Gasteiger partial charge in [-0.15, -0.1) is 0 Å². The highest BCUT2D eigenvalue weighted by molar-refractivity contribution is 6.30. The Balaban J connectivity index is 1.34. The number of anilines is 2. The summed E-state index contributed by atoms with van der Waals surface area (Å²) in [6, 6.07) is 7.25. The maximum Gasteiger partial charge on any atom is 0.407 e. The van der Waals surface area contributed by atoms with Crippen molar-refractivity contribution in [2.75, 3.05) is 69.7 Å². The Bertz CT molecular complexity index is 1070. The monoisotopic (exact) mass is 547 g/mol. The van der Waals surface area contributed by atoms with Crippen molar-refractivity contribution in [2.45, 2.75) is 32.8 Å². The number of methoxy groups -OCH3 is 1. The summed E-state index contributed by atoms with van der Waals surface area (Å²) in [6.07, 6.45) is 1.94. The number of carbonyl (C=O) groups excluding carboxylic acids is 2. The first kappa shape index (κ1) is 29.2. The number of piperazine rings is 1. The molecule has 2 heterocycles. The second-order valence-corrected chi connectivity index (χ2v) is 10.3. The van der Waals surface area contributed by atoms with Gasteiger partial charge in [0.15, 0.2) is 0 Å². The molecule has 1 fully saturated rings. The second kappa shape index (κ2) is 14.0. The molecular weight excluding hydrogens is 510 g/mol. The van der Waals surface area contributed by atoms with Gasteiger partial charge in [-0.3, -0.25) is 9.69 Å². The number of rotatable bonds is 11. The average Bonchev–Trinajstić information content (AvgIpc) is 2.88. The molecule has 0 radical (unpaired) electrons. The number of aromatic nitrogens is 2. The molecule has 0 spiro atoms. The first-order chi connectivity index (χ1) is 18.1. The molecule has 0 unspecified atom stereocenters. The first-order valence-corrected chi connectivity index (χ1v) is 13.2. The Labute approximate surface area is 229 Å². The minimum absolute atomic E-state index is 0.248. The van der Waals surface area contributed by atoms with Crippen LogP contribution in [0.25, 0.3) is 0 Å². The van der Waals surface area contributed by atoms with Crippen LogP contribution in [0.1, 0.15) is 37.7 Å². The van der Waals surface area contributed by atoms with Crippen LogP contribution in [-0.4, -0.2) is 91.9 Å². The van der Waals surface area contributed by atoms with Crippen LogP contribution in [-0.2, 0) is 4.74 Å². The summed E-state index contributed by atoms with van der Waals surface area (Å²) in [5.41, 5.74) is 0.716. The van der Waals surface area contributed by atoms with Crippen molar-refractivity contribution >= 4 is 35.2 Å². The van der Waals surface area contributed by atoms with Crippen LogP contribution in [0.4, 0.5) is 16.4 Å². The van der Waals surface area contributed by atoms with Gasteiger partial charge in [0.05, 0.1) is 12.8 Å². The number of benzene rings is 1. The smallest absolute Gasteiger partial charge is 0.407 e. The van der Waals surface area contributed by atoms with Gasteiger partial charge < -0.3 is 30.3 Å². The van der Waals surface area contributed by atoms with Crippen molar-refractivity contribution in [3.05, 3.63) is 41.2 Å². The van der Waals surface area contributed by atoms with E-state index in [2.05, 4.69) is 35.7 Å². The molecule has 0 saturated carbocycles. The third-order valence-electron chi connectivity index (χ3n) is 5.76. The summed E-state index contributed by atoms with van der Waals surface area (Å²) < 4.78 is 10.7. The van der Waals surface area contributed by atoms with Crippen LogP contribution in [0.2, 0.25) is 5.02 Å². The molecule has 1 saturated heterocycles. The van der Waals surface area contributed by atoms with Gasteiger partial charge in [-0.1, -0.05) is 11.6 Å². The van der Waals surface area contributed by atoms with E-state index in [1.54, 1.807) is 40.1 Å². The van der Waals surface area contributed by atoms with Crippen molar-refractivity contribution in [3.63, 3.8) is 0 Å². The number of hydrogen-bond acceptors (Lipinski definition) is 9. The largest absolute Gasteiger partial charge is 0.495 e. The van der Waals surface area contributed by atoms with Gasteiger partial charge in [-0.2, -0.15) is 0 Å². The third-order valence-corrected chi connectivity index (χ3v) is 5.99. The maximum absolute atomic E-state index is 12.4. The van der Waals surface area contributed by atoms with E-state index in [1.165, 1.54) is 0 Å². The van der Waals surface area contributed by atoms with Crippen LogP contribution in [0.5, 0.6) is 5.75 Å². The molecule has 38 heavy (non-hydrogen) atoms. The second-order valence-electron chi connectivity index (χ2n) is 9.88. The van der Waals surface area contributed by atoms with E-state index in [9.17, 15) is 9.59 Å². The van der Waals surface area contributed by atoms with Crippen LogP contribution in [0.3, 0.4) is 0 Å². The molecule has 1 aromatic heterocycles. The zero-order valence-corrected chi connectivity index (χ0v) is 23.3. The Morgan fingerprint density at radius 3 is 2.50 bits per heavy atom. The van der Waals surface area contributed by atoms with Crippen LogP contribution < -0.4 is 25.6 Å². The Hall–Kier alpha value is -3.31. The van der Waals surface area contributed by atoms with Gasteiger partial charge in [0.25, 0.3) is 5.91 Å². The van der Waals surface area contributed by atoms with E-state index in [0.717, 1.165) is 50.6 Å². The molecule has 1 aromatic carbocycles. The fourth-order valence-electron chi connectivity index (χ4n) is 3.94. The summed E-state index contributed by atoms with van der Waals surface area (Å²) in [4.78, 5) is 37.3. The predicted octanol–water partition coefficient (Wildman–Crippen LogP) is 3.02. The number of alkyl carbamates (subject to hydrolysis) is 1. The molecule has 0 bridgehead atoms. The molecule has 12 heteroatoms. The standard InChI is InChI=1S/C26H38ClN7O4/c1-26(2,3)38-25(36)31-12-11-28-23(35)20-8-10-30-24(32-20)29-9-5-13-33-14-16-34(17-15-33)21-18-19(27)6-7-22(21)37-4/h6-8,10,18H,5,9,11-17H2,1-4H3,(H,28,35)(H,31,36)(H,29,30,32). The first-order valence-electron chi connectivity index (χ1n) is 12.8. The van der Waals surface area contributed by atoms with Crippen molar-refractivity contribution in [1.29, 1.82) is 0 Å². The van der Waals surface area contributed by atoms with E-state index < -0.39 is 11.7 Å². The summed E-state index contributed by atoms with van der Waals surface area (Å²) in [6.45, 7) is 11.2. The van der Waals surface area contributed by atoms with Gasteiger partial charge >= 0.3 is 6.09 Å². The predicted molar refractivity (Wildman–Crippen MR) is 148 cm³/mol. The molecule has 208 valence electrons. The topological polar surface area (TPSA) is 121 Å². The summed E-state index contributed by atoms with van der Waals surface area (Å²) in [5, 5.41) is 9.22. The van der Waals surface area contributed by atoms with Crippen molar-refractivity contribution in [2.24, 2.45) is 0 Å². The Kier molecular flexibility index (Phi) is 10.8. The fraction of sp³-hybridized carbons (Fsp3) is 0.538. The average molecular weight is 548 g/mol. The molecular formula is C26H38ClN7O4. The lowest BCUT2D eigenvalue weighted by Crippen LogP contribution is -2.47. The molecule has 3 rings (SSSR count). The van der Waals surface area contributed by atoms with Crippen molar-refractivity contribution < 1.29 is 19.1 Å². The van der Waals surface area contributed by atoms with Gasteiger partial charge in [0, 0.05) is 57.0 Å². The molecule has 1 aliphatic rings. The normalized spacial score (nSPS) is 14.1. The highest BCUT2D eigenvalue weighted by atomic mass is 35.5. The quantitative estimate of drug-likeness (QED) is 0.364. The molecule has 0 aliphatic carbocycles. The Morgan fingerprint density at radius 2 is 1.79 bits per heavy atom. The van der Waals surface area contributed by atoms with Gasteiger partial charge in [0.2, 0.25) is 5.95 Å². The van der Waals surface area contributed by atoms with E-state index in [0.29, 0.717) is 17.5 Å². The zero-order chi connectivity index (χ0) is 27.5. The minimum Gasteiger partial charge on any atom is -0.495 e. The highest BCUT2D eigenvalue weighted by Crippen LogP contribution is 2.31. The van der Waals surface area contributed by atoms with E-state index >= 15 is 0 Å². The van der Waals surface area contributed by atoms with Crippen LogP contribution >= 0.6 is 11.6 Å². The zero-order valence-electron chi connectivity index (χ0n) is 22.6. The van der Waals surface area contributed by atoms with E-state index in [-0.39, 0.29) is 24.7 Å². The molecule has 2 amide bonds. The lowest BCUT2D eigenvalue weighted by molar-refractivity contribution is 0.0526. The summed E-state index contributed by atoms with van der Waals surface area (Å²) >= 11 is 6.19. The lowest BCUT2D eigenvalue weighted by Gasteiger charge is -2.36. The fourth-order valence-corrected chi connectivity index (χ4v) is 4.11. The number of amides is 2. The van der Waals surface area contributed by atoms with E-state index in [1.807, 2.05) is 18.2 Å². The summed E-state index contributed by atoms with van der Waals surface area (Å²) in [7, 11) is 1.68. The lowest BCUT2D eigenvalue weighted by atomic mass is 10.2. The maximum atomic E-state index is 12.4. The van der Waals surface area contributed by atoms with Crippen LogP contribution in [0.15, 0.2) is 30.5 Å². The molecule has 0 atom stereocenters. The van der Waals surface area contributed by atoms with Crippen molar-refractivity contribution in [3.8, 4) is 5.75 Å². The number of nitrogens with one attached hydrogen (secondary N) is 3. The molecule has 1 aliphatic heterocycles. The number of halogens is 1. The minimum atomic E-state index is -0.571. The van der Waals surface area contributed by atoms with Gasteiger partial charge in [0.1, 0.15) is 17.0 Å². The van der Waals surface area contributed by atoms with E-state index in [4.69, 9.17) is 21.1 Å². The highest BCUT2D eigenvalue weighted by Gasteiger charge is 2.20. The molecule has 11 nitrogen and oxygen atoms in total. The SMILES string of the molecule is COc1ccc(Cl)cc1N1CCN(CCCNc2nccc(C(=O)NCCNC(=O)OC(C)(C)C)n2)CC1. The van der Waals surface area contributed by atoms with Crippen molar-refractivity contribution in [1.82, 2.24) is 25.5 Å². The molecule has 3 N–H and O–H groups in total. The number of carbonyl (C=O) groups is 2. The number of nitrogens with zero attached hydrogens (tertiary/aromatic N) is 4. The third kappa shape index (κ3) is 9.53. The molecule has 2 aromatic rings. The number of ether oxygens (including phenoxy) is 2. The van der Waals surface area contributed by atoms with Gasteiger partial charge in [-0.05, 0) is 58.0 Å². The Morgan fingerprint density at radius 1 is 1.05 bits per heavy atom. The number of hydrogen-bond donors (Lipinski definition) is 3. The van der Waals surface area contributed by atoms with Crippen LogP contribution in [0, 0.1) is 0 Å². The van der Waals surface area contributed by atoms with Gasteiger partial charge in [-0.25, -0.2) is 14.8 Å². The summed E-state index contributed by atoms with van der Waals surface area (Å²) in [5.74, 6) is 0.901.